The van der Waals surface area contributed by atoms with Gasteiger partial charge in [0.25, 0.3) is 5.91 Å². The maximum absolute atomic E-state index is 12.8. The lowest BCUT2D eigenvalue weighted by Gasteiger charge is -2.38. The SMILES string of the molecule is Cc1cccc(CNC[C@]2(O)CCCN(CCc3ccccc3)C2=O)c1. The lowest BCUT2D eigenvalue weighted by molar-refractivity contribution is -0.156. The van der Waals surface area contributed by atoms with Gasteiger partial charge < -0.3 is 15.3 Å². The normalized spacial score (nSPS) is 20.4. The van der Waals surface area contributed by atoms with Crippen LogP contribution in [0.1, 0.15) is 29.5 Å². The first-order chi connectivity index (χ1) is 12.6. The summed E-state index contributed by atoms with van der Waals surface area (Å²) in [5.41, 5.74) is 2.30. The van der Waals surface area contributed by atoms with Gasteiger partial charge in [0.2, 0.25) is 0 Å². The topological polar surface area (TPSA) is 52.6 Å². The van der Waals surface area contributed by atoms with Gasteiger partial charge in [0.05, 0.1) is 0 Å². The number of likely N-dealkylation sites (tertiary alicyclic amines) is 1. The third-order valence-electron chi connectivity index (χ3n) is 5.05. The lowest BCUT2D eigenvalue weighted by Crippen LogP contribution is -2.58. The molecule has 4 heteroatoms. The third-order valence-corrected chi connectivity index (χ3v) is 5.05. The summed E-state index contributed by atoms with van der Waals surface area (Å²) in [5.74, 6) is -0.142. The minimum Gasteiger partial charge on any atom is -0.379 e. The average Bonchev–Trinajstić information content (AvgIpc) is 2.64. The van der Waals surface area contributed by atoms with Crippen molar-refractivity contribution in [2.24, 2.45) is 0 Å². The zero-order valence-electron chi connectivity index (χ0n) is 15.4. The van der Waals surface area contributed by atoms with Gasteiger partial charge in [-0.1, -0.05) is 60.2 Å². The van der Waals surface area contributed by atoms with Crippen LogP contribution in [0.25, 0.3) is 0 Å². The van der Waals surface area contributed by atoms with E-state index >= 15 is 0 Å². The van der Waals surface area contributed by atoms with E-state index in [4.69, 9.17) is 0 Å². The fourth-order valence-corrected chi connectivity index (χ4v) is 3.59. The molecule has 2 aromatic carbocycles. The predicted molar refractivity (Wildman–Crippen MR) is 104 cm³/mol. The molecule has 1 aliphatic rings. The molecule has 0 spiro atoms. The van der Waals surface area contributed by atoms with E-state index in [1.54, 1.807) is 0 Å². The van der Waals surface area contributed by atoms with E-state index in [9.17, 15) is 9.90 Å². The van der Waals surface area contributed by atoms with Gasteiger partial charge in [0.1, 0.15) is 0 Å². The molecule has 1 saturated heterocycles. The Hall–Kier alpha value is -2.17. The first kappa shape index (κ1) is 18.6. The Kier molecular flexibility index (Phi) is 6.07. The molecule has 3 rings (SSSR count). The molecule has 0 radical (unpaired) electrons. The molecule has 1 heterocycles. The minimum atomic E-state index is -1.29. The van der Waals surface area contributed by atoms with Crippen LogP contribution in [0.2, 0.25) is 0 Å². The Morgan fingerprint density at radius 1 is 1.12 bits per heavy atom. The maximum atomic E-state index is 12.8. The molecule has 1 aliphatic heterocycles. The Morgan fingerprint density at radius 2 is 1.88 bits per heavy atom. The minimum absolute atomic E-state index is 0.142. The van der Waals surface area contributed by atoms with Crippen LogP contribution in [0.3, 0.4) is 0 Å². The summed E-state index contributed by atoms with van der Waals surface area (Å²) >= 11 is 0. The van der Waals surface area contributed by atoms with E-state index < -0.39 is 5.60 Å². The number of hydrogen-bond acceptors (Lipinski definition) is 3. The summed E-state index contributed by atoms with van der Waals surface area (Å²) in [6.45, 7) is 4.39. The quantitative estimate of drug-likeness (QED) is 0.806. The predicted octanol–water partition coefficient (Wildman–Crippen LogP) is 2.68. The van der Waals surface area contributed by atoms with Crippen molar-refractivity contribution in [2.45, 2.75) is 38.3 Å². The van der Waals surface area contributed by atoms with Crippen LogP contribution in [0.4, 0.5) is 0 Å². The second-order valence-electron chi connectivity index (χ2n) is 7.26. The Bertz CT molecular complexity index is 732. The van der Waals surface area contributed by atoms with E-state index in [-0.39, 0.29) is 5.91 Å². The van der Waals surface area contributed by atoms with Crippen molar-refractivity contribution in [3.05, 3.63) is 71.3 Å². The van der Waals surface area contributed by atoms with Crippen molar-refractivity contribution >= 4 is 5.91 Å². The second-order valence-corrected chi connectivity index (χ2v) is 7.26. The molecule has 0 aromatic heterocycles. The number of carbonyl (C=O) groups is 1. The highest BCUT2D eigenvalue weighted by Crippen LogP contribution is 2.22. The molecular formula is C22H28N2O2. The fourth-order valence-electron chi connectivity index (χ4n) is 3.59. The highest BCUT2D eigenvalue weighted by atomic mass is 16.3. The molecule has 26 heavy (non-hydrogen) atoms. The van der Waals surface area contributed by atoms with Gasteiger partial charge in [-0.2, -0.15) is 0 Å². The van der Waals surface area contributed by atoms with Crippen LogP contribution < -0.4 is 5.32 Å². The number of aliphatic hydroxyl groups is 1. The van der Waals surface area contributed by atoms with Gasteiger partial charge in [-0.15, -0.1) is 0 Å². The highest BCUT2D eigenvalue weighted by molar-refractivity contribution is 5.86. The number of benzene rings is 2. The molecule has 1 atom stereocenters. The Labute approximate surface area is 155 Å². The van der Waals surface area contributed by atoms with Crippen LogP contribution in [-0.2, 0) is 17.8 Å². The largest absolute Gasteiger partial charge is 0.379 e. The Balaban J connectivity index is 1.53. The number of nitrogens with zero attached hydrogens (tertiary/aromatic N) is 1. The van der Waals surface area contributed by atoms with Gasteiger partial charge in [0, 0.05) is 26.2 Å². The van der Waals surface area contributed by atoms with E-state index in [2.05, 4.69) is 42.6 Å². The molecule has 1 fully saturated rings. The molecular weight excluding hydrogens is 324 g/mol. The molecule has 1 amide bonds. The van der Waals surface area contributed by atoms with Crippen LogP contribution in [0, 0.1) is 6.92 Å². The van der Waals surface area contributed by atoms with Gasteiger partial charge in [0.15, 0.2) is 5.60 Å². The molecule has 4 nitrogen and oxygen atoms in total. The molecule has 0 saturated carbocycles. The van der Waals surface area contributed by atoms with E-state index in [0.29, 0.717) is 26.1 Å². The highest BCUT2D eigenvalue weighted by Gasteiger charge is 2.41. The second kappa shape index (κ2) is 8.47. The first-order valence-corrected chi connectivity index (χ1v) is 9.39. The summed E-state index contributed by atoms with van der Waals surface area (Å²) in [7, 11) is 0. The third kappa shape index (κ3) is 4.71. The van der Waals surface area contributed by atoms with Crippen LogP contribution in [0.15, 0.2) is 54.6 Å². The van der Waals surface area contributed by atoms with Crippen molar-refractivity contribution in [1.29, 1.82) is 0 Å². The summed E-state index contributed by atoms with van der Waals surface area (Å²) in [4.78, 5) is 14.6. The summed E-state index contributed by atoms with van der Waals surface area (Å²) in [6.07, 6.45) is 2.18. The van der Waals surface area contributed by atoms with Crippen molar-refractivity contribution in [3.8, 4) is 0 Å². The van der Waals surface area contributed by atoms with E-state index in [1.165, 1.54) is 11.1 Å². The molecule has 2 aromatic rings. The molecule has 0 aliphatic carbocycles. The van der Waals surface area contributed by atoms with Gasteiger partial charge in [-0.25, -0.2) is 0 Å². The van der Waals surface area contributed by atoms with Gasteiger partial charge in [-0.3, -0.25) is 4.79 Å². The van der Waals surface area contributed by atoms with Crippen molar-refractivity contribution < 1.29 is 9.90 Å². The number of aryl methyl sites for hydroxylation is 1. The number of carbonyl (C=O) groups excluding carboxylic acids is 1. The zero-order chi connectivity index (χ0) is 18.4. The number of rotatable bonds is 7. The molecule has 0 bridgehead atoms. The zero-order valence-corrected chi connectivity index (χ0v) is 15.4. The van der Waals surface area contributed by atoms with Crippen molar-refractivity contribution in [1.82, 2.24) is 10.2 Å². The van der Waals surface area contributed by atoms with Crippen LogP contribution >= 0.6 is 0 Å². The van der Waals surface area contributed by atoms with Gasteiger partial charge >= 0.3 is 0 Å². The summed E-state index contributed by atoms with van der Waals surface area (Å²) in [6, 6.07) is 18.4. The number of amides is 1. The number of nitrogens with one attached hydrogen (secondary N) is 1. The van der Waals surface area contributed by atoms with Crippen LogP contribution in [0.5, 0.6) is 0 Å². The number of hydrogen-bond donors (Lipinski definition) is 2. The van der Waals surface area contributed by atoms with Gasteiger partial charge in [-0.05, 0) is 37.3 Å². The van der Waals surface area contributed by atoms with E-state index in [1.807, 2.05) is 29.2 Å². The van der Waals surface area contributed by atoms with Crippen molar-refractivity contribution in [2.75, 3.05) is 19.6 Å². The standard InChI is InChI=1S/C22H28N2O2/c1-18-7-5-10-20(15-18)16-23-17-22(26)12-6-13-24(21(22)25)14-11-19-8-3-2-4-9-19/h2-5,7-10,15,23,26H,6,11-14,16-17H2,1H3/t22-/m1/s1. The molecule has 2 N–H and O–H groups in total. The Morgan fingerprint density at radius 3 is 2.65 bits per heavy atom. The lowest BCUT2D eigenvalue weighted by atomic mass is 9.91. The van der Waals surface area contributed by atoms with Crippen LogP contribution in [-0.4, -0.2) is 41.1 Å². The first-order valence-electron chi connectivity index (χ1n) is 9.39. The fraction of sp³-hybridized carbons (Fsp3) is 0.409. The van der Waals surface area contributed by atoms with Crippen molar-refractivity contribution in [3.63, 3.8) is 0 Å². The summed E-state index contributed by atoms with van der Waals surface area (Å²) < 4.78 is 0. The molecule has 0 unspecified atom stereocenters. The monoisotopic (exact) mass is 352 g/mol. The maximum Gasteiger partial charge on any atom is 0.255 e. The smallest absolute Gasteiger partial charge is 0.255 e. The van der Waals surface area contributed by atoms with E-state index in [0.717, 1.165) is 24.9 Å². The number of piperidine rings is 1. The average molecular weight is 352 g/mol. The summed E-state index contributed by atoms with van der Waals surface area (Å²) in [5, 5.41) is 14.2. The molecule has 138 valence electrons.